The molecule has 2 aromatic carbocycles. The molecule has 0 bridgehead atoms. The summed E-state index contributed by atoms with van der Waals surface area (Å²) < 4.78 is 40.8. The van der Waals surface area contributed by atoms with Crippen LogP contribution in [0.2, 0.25) is 0 Å². The van der Waals surface area contributed by atoms with Gasteiger partial charge < -0.3 is 13.7 Å². The molecule has 0 amide bonds. The number of fused-ring (bicyclic) bond motifs is 1. The summed E-state index contributed by atoms with van der Waals surface area (Å²) in [6, 6.07) is 9.76. The Balaban J connectivity index is 1.92. The van der Waals surface area contributed by atoms with Crippen molar-refractivity contribution in [3.8, 4) is 17.2 Å². The topological polar surface area (TPSA) is 61.8 Å². The average molecular weight is 320 g/mol. The molecular weight excluding hydrogens is 304 g/mol. The van der Waals surface area contributed by atoms with E-state index in [-0.39, 0.29) is 4.90 Å². The third kappa shape index (κ3) is 3.01. The molecule has 116 valence electrons. The summed E-state index contributed by atoms with van der Waals surface area (Å²) in [6.07, 6.45) is 0. The Bertz CT molecular complexity index is 791. The van der Waals surface area contributed by atoms with Crippen molar-refractivity contribution >= 4 is 10.1 Å². The van der Waals surface area contributed by atoms with Crippen LogP contribution < -0.4 is 13.7 Å². The van der Waals surface area contributed by atoms with Gasteiger partial charge in [0.1, 0.15) is 23.9 Å². The molecular formula is C16H16O5S. The number of ether oxygens (including phenoxy) is 2. The van der Waals surface area contributed by atoms with Gasteiger partial charge in [0.25, 0.3) is 0 Å². The van der Waals surface area contributed by atoms with E-state index in [1.165, 1.54) is 12.1 Å². The van der Waals surface area contributed by atoms with Crippen molar-refractivity contribution in [1.82, 2.24) is 0 Å². The summed E-state index contributed by atoms with van der Waals surface area (Å²) in [5.74, 6) is 1.25. The first-order valence-electron chi connectivity index (χ1n) is 6.86. The van der Waals surface area contributed by atoms with Crippen LogP contribution in [0.3, 0.4) is 0 Å². The van der Waals surface area contributed by atoms with Crippen molar-refractivity contribution in [2.45, 2.75) is 18.7 Å². The lowest BCUT2D eigenvalue weighted by atomic mass is 10.1. The van der Waals surface area contributed by atoms with E-state index in [0.29, 0.717) is 30.5 Å². The first kappa shape index (κ1) is 14.7. The fourth-order valence-electron chi connectivity index (χ4n) is 2.33. The highest BCUT2D eigenvalue weighted by Gasteiger charge is 2.21. The summed E-state index contributed by atoms with van der Waals surface area (Å²) in [5, 5.41) is 0. The number of benzene rings is 2. The molecule has 1 aliphatic heterocycles. The van der Waals surface area contributed by atoms with Gasteiger partial charge >= 0.3 is 10.1 Å². The van der Waals surface area contributed by atoms with Crippen molar-refractivity contribution < 1.29 is 22.1 Å². The van der Waals surface area contributed by atoms with Gasteiger partial charge in [-0.2, -0.15) is 8.42 Å². The molecule has 1 heterocycles. The van der Waals surface area contributed by atoms with E-state index in [1.54, 1.807) is 18.2 Å². The van der Waals surface area contributed by atoms with Gasteiger partial charge in [-0.25, -0.2) is 0 Å². The Kier molecular flexibility index (Phi) is 3.70. The monoisotopic (exact) mass is 320 g/mol. The minimum atomic E-state index is -3.92. The molecule has 0 aliphatic carbocycles. The Labute approximate surface area is 129 Å². The third-order valence-corrected chi connectivity index (χ3v) is 4.45. The molecule has 0 radical (unpaired) electrons. The first-order valence-corrected chi connectivity index (χ1v) is 8.27. The van der Waals surface area contributed by atoms with Gasteiger partial charge in [-0.05, 0) is 49.2 Å². The SMILES string of the molecule is Cc1cc(C)cc(OS(=O)(=O)c2ccc3c(c2)OCCO3)c1. The maximum absolute atomic E-state index is 12.4. The zero-order chi connectivity index (χ0) is 15.7. The minimum Gasteiger partial charge on any atom is -0.486 e. The Morgan fingerprint density at radius 2 is 1.55 bits per heavy atom. The molecule has 6 heteroatoms. The van der Waals surface area contributed by atoms with Crippen LogP contribution in [-0.2, 0) is 10.1 Å². The summed E-state index contributed by atoms with van der Waals surface area (Å²) in [4.78, 5) is 0.0379. The molecule has 0 aromatic heterocycles. The highest BCUT2D eigenvalue weighted by Crippen LogP contribution is 2.33. The molecule has 0 unspecified atom stereocenters. The molecule has 0 fully saturated rings. The summed E-state index contributed by atoms with van der Waals surface area (Å²) >= 11 is 0. The van der Waals surface area contributed by atoms with Crippen LogP contribution in [0.25, 0.3) is 0 Å². The molecule has 0 saturated carbocycles. The second kappa shape index (κ2) is 5.53. The van der Waals surface area contributed by atoms with Crippen LogP contribution in [0.5, 0.6) is 17.2 Å². The lowest BCUT2D eigenvalue weighted by molar-refractivity contribution is 0.171. The predicted octanol–water partition coefficient (Wildman–Crippen LogP) is 2.84. The Morgan fingerprint density at radius 1 is 0.909 bits per heavy atom. The van der Waals surface area contributed by atoms with Crippen molar-refractivity contribution in [3.63, 3.8) is 0 Å². The lowest BCUT2D eigenvalue weighted by Crippen LogP contribution is -2.16. The van der Waals surface area contributed by atoms with Gasteiger partial charge in [0.15, 0.2) is 11.5 Å². The van der Waals surface area contributed by atoms with Gasteiger partial charge in [0.05, 0.1) is 0 Å². The van der Waals surface area contributed by atoms with Gasteiger partial charge in [-0.1, -0.05) is 6.07 Å². The van der Waals surface area contributed by atoms with E-state index in [2.05, 4.69) is 0 Å². The molecule has 5 nitrogen and oxygen atoms in total. The molecule has 22 heavy (non-hydrogen) atoms. The average Bonchev–Trinajstić information content (AvgIpc) is 2.45. The minimum absolute atomic E-state index is 0.0379. The Hall–Kier alpha value is -2.21. The maximum atomic E-state index is 12.4. The number of hydrogen-bond donors (Lipinski definition) is 0. The number of rotatable bonds is 3. The van der Waals surface area contributed by atoms with Crippen molar-refractivity contribution in [3.05, 3.63) is 47.5 Å². The lowest BCUT2D eigenvalue weighted by Gasteiger charge is -2.18. The second-order valence-corrected chi connectivity index (χ2v) is 6.71. The highest BCUT2D eigenvalue weighted by molar-refractivity contribution is 7.87. The predicted molar refractivity (Wildman–Crippen MR) is 81.2 cm³/mol. The van der Waals surface area contributed by atoms with E-state index in [4.69, 9.17) is 13.7 Å². The van der Waals surface area contributed by atoms with Crippen molar-refractivity contribution in [2.75, 3.05) is 13.2 Å². The highest BCUT2D eigenvalue weighted by atomic mass is 32.2. The third-order valence-electron chi connectivity index (χ3n) is 3.20. The summed E-state index contributed by atoms with van der Waals surface area (Å²) in [5.41, 5.74) is 1.87. The van der Waals surface area contributed by atoms with Gasteiger partial charge in [-0.3, -0.25) is 0 Å². The van der Waals surface area contributed by atoms with Gasteiger partial charge in [0, 0.05) is 6.07 Å². The zero-order valence-corrected chi connectivity index (χ0v) is 13.1. The normalized spacial score (nSPS) is 13.7. The van der Waals surface area contributed by atoms with E-state index >= 15 is 0 Å². The fourth-order valence-corrected chi connectivity index (χ4v) is 3.27. The maximum Gasteiger partial charge on any atom is 0.339 e. The van der Waals surface area contributed by atoms with Gasteiger partial charge in [0.2, 0.25) is 0 Å². The van der Waals surface area contributed by atoms with Gasteiger partial charge in [-0.15, -0.1) is 0 Å². The van der Waals surface area contributed by atoms with E-state index < -0.39 is 10.1 Å². The molecule has 2 aromatic rings. The quantitative estimate of drug-likeness (QED) is 0.814. The summed E-state index contributed by atoms with van der Waals surface area (Å²) in [6.45, 7) is 4.62. The number of hydrogen-bond acceptors (Lipinski definition) is 5. The Morgan fingerprint density at radius 3 is 2.23 bits per heavy atom. The standard InChI is InChI=1S/C16H16O5S/c1-11-7-12(2)9-13(8-11)21-22(17,18)14-3-4-15-16(10-14)20-6-5-19-15/h3-4,7-10H,5-6H2,1-2H3. The van der Waals surface area contributed by atoms with E-state index in [9.17, 15) is 8.42 Å². The molecule has 1 aliphatic rings. The molecule has 0 saturated heterocycles. The zero-order valence-electron chi connectivity index (χ0n) is 12.3. The van der Waals surface area contributed by atoms with E-state index in [0.717, 1.165) is 11.1 Å². The van der Waals surface area contributed by atoms with Crippen LogP contribution in [0, 0.1) is 13.8 Å². The van der Waals surface area contributed by atoms with Crippen LogP contribution in [0.4, 0.5) is 0 Å². The second-order valence-electron chi connectivity index (χ2n) is 5.17. The molecule has 0 atom stereocenters. The van der Waals surface area contributed by atoms with Crippen LogP contribution in [-0.4, -0.2) is 21.6 Å². The van der Waals surface area contributed by atoms with Crippen molar-refractivity contribution in [1.29, 1.82) is 0 Å². The number of aryl methyl sites for hydroxylation is 2. The summed E-state index contributed by atoms with van der Waals surface area (Å²) in [7, 11) is -3.92. The smallest absolute Gasteiger partial charge is 0.339 e. The molecule has 3 rings (SSSR count). The first-order chi connectivity index (χ1) is 10.4. The fraction of sp³-hybridized carbons (Fsp3) is 0.250. The van der Waals surface area contributed by atoms with Crippen LogP contribution in [0.1, 0.15) is 11.1 Å². The van der Waals surface area contributed by atoms with E-state index in [1.807, 2.05) is 19.9 Å². The van der Waals surface area contributed by atoms with Crippen molar-refractivity contribution in [2.24, 2.45) is 0 Å². The van der Waals surface area contributed by atoms with Crippen LogP contribution in [0.15, 0.2) is 41.3 Å². The largest absolute Gasteiger partial charge is 0.486 e. The molecule has 0 N–H and O–H groups in total. The van der Waals surface area contributed by atoms with Crippen LogP contribution >= 0.6 is 0 Å². The molecule has 0 spiro atoms.